The van der Waals surface area contributed by atoms with Crippen LogP contribution in [-0.4, -0.2) is 21.1 Å². The molecule has 3 rings (SSSR count). The third kappa shape index (κ3) is 1.72. The van der Waals surface area contributed by atoms with Crippen molar-refractivity contribution < 1.29 is 0 Å². The summed E-state index contributed by atoms with van der Waals surface area (Å²) < 4.78 is 2.22. The van der Waals surface area contributed by atoms with Crippen LogP contribution in [0, 0.1) is 0 Å². The normalized spacial score (nSPS) is 19.4. The monoisotopic (exact) mass is 214 g/mol. The highest BCUT2D eigenvalue weighted by Gasteiger charge is 2.19. The molecule has 2 aromatic rings. The first-order chi connectivity index (χ1) is 7.93. The fourth-order valence-electron chi connectivity index (χ4n) is 2.20. The van der Waals surface area contributed by atoms with Crippen molar-refractivity contribution in [1.29, 1.82) is 0 Å². The average Bonchev–Trinajstić information content (AvgIpc) is 2.80. The van der Waals surface area contributed by atoms with Crippen LogP contribution in [0.5, 0.6) is 0 Å². The summed E-state index contributed by atoms with van der Waals surface area (Å²) in [6, 6.07) is 4.51. The summed E-state index contributed by atoms with van der Waals surface area (Å²) in [6.07, 6.45) is 8.55. The van der Waals surface area contributed by atoms with Crippen LogP contribution in [0.15, 0.2) is 37.1 Å². The molecule has 82 valence electrons. The molecule has 0 saturated carbocycles. The zero-order valence-electron chi connectivity index (χ0n) is 9.00. The molecule has 2 aromatic heterocycles. The quantitative estimate of drug-likeness (QED) is 0.816. The summed E-state index contributed by atoms with van der Waals surface area (Å²) in [6.45, 7) is 2.03. The van der Waals surface area contributed by atoms with E-state index in [0.717, 1.165) is 19.5 Å². The number of hydrogen-bond acceptors (Lipinski definition) is 3. The second kappa shape index (κ2) is 4.06. The van der Waals surface area contributed by atoms with Crippen LogP contribution in [0.4, 0.5) is 0 Å². The first kappa shape index (κ1) is 9.54. The minimum absolute atomic E-state index is 0.374. The third-order valence-corrected chi connectivity index (χ3v) is 3.03. The molecular weight excluding hydrogens is 200 g/mol. The Morgan fingerprint density at radius 3 is 3.06 bits per heavy atom. The second-order valence-electron chi connectivity index (χ2n) is 4.08. The maximum absolute atomic E-state index is 4.21. The summed E-state index contributed by atoms with van der Waals surface area (Å²) in [5.41, 5.74) is 2.59. The number of imidazole rings is 1. The Kier molecular flexibility index (Phi) is 2.42. The van der Waals surface area contributed by atoms with Crippen molar-refractivity contribution in [3.05, 3.63) is 48.3 Å². The Hall–Kier alpha value is -1.68. The lowest BCUT2D eigenvalue weighted by Crippen LogP contribution is -2.33. The van der Waals surface area contributed by atoms with Gasteiger partial charge in [-0.25, -0.2) is 4.98 Å². The molecule has 0 saturated heterocycles. The van der Waals surface area contributed by atoms with E-state index in [4.69, 9.17) is 0 Å². The van der Waals surface area contributed by atoms with Crippen LogP contribution in [0.3, 0.4) is 0 Å². The van der Waals surface area contributed by atoms with Crippen molar-refractivity contribution in [2.24, 2.45) is 0 Å². The highest BCUT2D eigenvalue weighted by atomic mass is 15.1. The van der Waals surface area contributed by atoms with Gasteiger partial charge in [0.15, 0.2) is 0 Å². The fourth-order valence-corrected chi connectivity index (χ4v) is 2.20. The third-order valence-electron chi connectivity index (χ3n) is 3.03. The van der Waals surface area contributed by atoms with E-state index in [1.54, 1.807) is 0 Å². The van der Waals surface area contributed by atoms with E-state index < -0.39 is 0 Å². The molecule has 4 heteroatoms. The van der Waals surface area contributed by atoms with Crippen molar-refractivity contribution >= 4 is 0 Å². The van der Waals surface area contributed by atoms with Crippen molar-refractivity contribution in [2.45, 2.75) is 19.0 Å². The molecular formula is C12H14N4. The highest BCUT2D eigenvalue weighted by Crippen LogP contribution is 2.20. The molecule has 16 heavy (non-hydrogen) atoms. The largest absolute Gasteiger partial charge is 0.332 e. The maximum Gasteiger partial charge on any atom is 0.0949 e. The smallest absolute Gasteiger partial charge is 0.0949 e. The van der Waals surface area contributed by atoms with E-state index in [-0.39, 0.29) is 0 Å². The van der Waals surface area contributed by atoms with Crippen LogP contribution >= 0.6 is 0 Å². The summed E-state index contributed by atoms with van der Waals surface area (Å²) in [5, 5.41) is 3.53. The predicted octanol–water partition coefficient (Wildman–Crippen LogP) is 1.17. The Morgan fingerprint density at radius 2 is 2.19 bits per heavy atom. The molecule has 1 aliphatic heterocycles. The molecule has 1 atom stereocenters. The maximum atomic E-state index is 4.21. The van der Waals surface area contributed by atoms with E-state index in [2.05, 4.69) is 32.0 Å². The minimum Gasteiger partial charge on any atom is -0.332 e. The van der Waals surface area contributed by atoms with Gasteiger partial charge in [-0.3, -0.25) is 4.98 Å². The minimum atomic E-state index is 0.374. The molecule has 1 unspecified atom stereocenters. The van der Waals surface area contributed by atoms with Gasteiger partial charge in [0.1, 0.15) is 0 Å². The van der Waals surface area contributed by atoms with Gasteiger partial charge < -0.3 is 9.88 Å². The fraction of sp³-hybridized carbons (Fsp3) is 0.333. The number of hydrogen-bond donors (Lipinski definition) is 1. The van der Waals surface area contributed by atoms with Gasteiger partial charge in [0.25, 0.3) is 0 Å². The number of pyridine rings is 1. The molecule has 0 bridgehead atoms. The van der Waals surface area contributed by atoms with Gasteiger partial charge in [-0.05, 0) is 24.1 Å². The molecule has 3 heterocycles. The van der Waals surface area contributed by atoms with Gasteiger partial charge in [0, 0.05) is 31.7 Å². The predicted molar refractivity (Wildman–Crippen MR) is 60.9 cm³/mol. The SMILES string of the molecule is c1cc(CC2NCCn3cncc32)ccn1. The standard InChI is InChI=1S/C12H14N4/c1-3-13-4-2-10(1)7-11-12-8-14-9-16(12)6-5-15-11/h1-4,8-9,11,15H,5-7H2. The zero-order chi connectivity index (χ0) is 10.8. The van der Waals surface area contributed by atoms with Crippen molar-refractivity contribution in [2.75, 3.05) is 6.54 Å². The van der Waals surface area contributed by atoms with Crippen molar-refractivity contribution in [1.82, 2.24) is 19.9 Å². The van der Waals surface area contributed by atoms with Crippen LogP contribution in [0.2, 0.25) is 0 Å². The molecule has 4 nitrogen and oxygen atoms in total. The van der Waals surface area contributed by atoms with Crippen LogP contribution in [-0.2, 0) is 13.0 Å². The zero-order valence-corrected chi connectivity index (χ0v) is 9.00. The molecule has 1 aliphatic rings. The van der Waals surface area contributed by atoms with Crippen molar-refractivity contribution in [3.8, 4) is 0 Å². The lowest BCUT2D eigenvalue weighted by molar-refractivity contribution is 0.423. The van der Waals surface area contributed by atoms with E-state index in [1.165, 1.54) is 11.3 Å². The van der Waals surface area contributed by atoms with Crippen LogP contribution < -0.4 is 5.32 Å². The Labute approximate surface area is 94.4 Å². The van der Waals surface area contributed by atoms with Gasteiger partial charge in [0.2, 0.25) is 0 Å². The number of aromatic nitrogens is 3. The van der Waals surface area contributed by atoms with E-state index in [0.29, 0.717) is 6.04 Å². The number of nitrogens with one attached hydrogen (secondary N) is 1. The lowest BCUT2D eigenvalue weighted by Gasteiger charge is -2.25. The van der Waals surface area contributed by atoms with Crippen LogP contribution in [0.1, 0.15) is 17.3 Å². The molecule has 0 aliphatic carbocycles. The summed E-state index contributed by atoms with van der Waals surface area (Å²) in [7, 11) is 0. The number of rotatable bonds is 2. The summed E-state index contributed by atoms with van der Waals surface area (Å²) >= 11 is 0. The van der Waals surface area contributed by atoms with Crippen LogP contribution in [0.25, 0.3) is 0 Å². The lowest BCUT2D eigenvalue weighted by atomic mass is 10.0. The Balaban J connectivity index is 1.83. The van der Waals surface area contributed by atoms with Gasteiger partial charge in [-0.1, -0.05) is 0 Å². The number of fused-ring (bicyclic) bond motifs is 1. The highest BCUT2D eigenvalue weighted by molar-refractivity contribution is 5.17. The molecule has 1 N–H and O–H groups in total. The van der Waals surface area contributed by atoms with Crippen molar-refractivity contribution in [3.63, 3.8) is 0 Å². The van der Waals surface area contributed by atoms with E-state index in [1.807, 2.05) is 24.9 Å². The Morgan fingerprint density at radius 1 is 1.31 bits per heavy atom. The summed E-state index contributed by atoms with van der Waals surface area (Å²) in [4.78, 5) is 8.24. The molecule has 0 fully saturated rings. The van der Waals surface area contributed by atoms with Gasteiger partial charge in [-0.15, -0.1) is 0 Å². The van der Waals surface area contributed by atoms with Gasteiger partial charge in [0.05, 0.1) is 18.1 Å². The van der Waals surface area contributed by atoms with Gasteiger partial charge >= 0.3 is 0 Å². The first-order valence-electron chi connectivity index (χ1n) is 5.56. The molecule has 0 radical (unpaired) electrons. The molecule has 0 aromatic carbocycles. The Bertz CT molecular complexity index is 463. The van der Waals surface area contributed by atoms with E-state index >= 15 is 0 Å². The topological polar surface area (TPSA) is 42.7 Å². The second-order valence-corrected chi connectivity index (χ2v) is 4.08. The van der Waals surface area contributed by atoms with E-state index in [9.17, 15) is 0 Å². The number of nitrogens with zero attached hydrogens (tertiary/aromatic N) is 3. The molecule has 0 amide bonds. The van der Waals surface area contributed by atoms with Gasteiger partial charge in [-0.2, -0.15) is 0 Å². The first-order valence-corrected chi connectivity index (χ1v) is 5.56. The molecule has 0 spiro atoms. The summed E-state index contributed by atoms with van der Waals surface area (Å²) in [5.74, 6) is 0. The average molecular weight is 214 g/mol.